The van der Waals surface area contributed by atoms with Crippen molar-refractivity contribution in [3.05, 3.63) is 39.0 Å². The zero-order valence-electron chi connectivity index (χ0n) is 12.8. The van der Waals surface area contributed by atoms with Crippen molar-refractivity contribution < 1.29 is 23.4 Å². The van der Waals surface area contributed by atoms with Crippen molar-refractivity contribution in [2.75, 3.05) is 18.4 Å². The van der Waals surface area contributed by atoms with Gasteiger partial charge in [0.15, 0.2) is 5.69 Å². The molecular formula is C13H10BrFN6O5. The van der Waals surface area contributed by atoms with E-state index in [1.165, 1.54) is 18.2 Å². The smallest absolute Gasteiger partial charge is 0.460 e. The van der Waals surface area contributed by atoms with Gasteiger partial charge < -0.3 is 20.3 Å². The Bertz CT molecular complexity index is 999. The summed E-state index contributed by atoms with van der Waals surface area (Å²) in [5.41, 5.74) is 0.371. The maximum absolute atomic E-state index is 13.4. The number of amides is 1. The Hall–Kier alpha value is -3.22. The highest BCUT2D eigenvalue weighted by Gasteiger charge is 2.22. The monoisotopic (exact) mass is 428 g/mol. The van der Waals surface area contributed by atoms with Crippen molar-refractivity contribution >= 4 is 27.8 Å². The number of rotatable bonds is 6. The summed E-state index contributed by atoms with van der Waals surface area (Å²) >= 11 is 3.05. The van der Waals surface area contributed by atoms with Crippen LogP contribution in [0.15, 0.2) is 36.6 Å². The van der Waals surface area contributed by atoms with Gasteiger partial charge in [0.05, 0.1) is 10.2 Å². The van der Waals surface area contributed by atoms with Gasteiger partial charge in [-0.15, -0.1) is 4.98 Å². The van der Waals surface area contributed by atoms with E-state index in [9.17, 15) is 14.0 Å². The Morgan fingerprint density at radius 3 is 2.88 bits per heavy atom. The van der Waals surface area contributed by atoms with E-state index in [2.05, 4.69) is 46.5 Å². The molecule has 0 atom stereocenters. The quantitative estimate of drug-likeness (QED) is 0.495. The molecule has 0 unspecified atom stereocenters. The highest BCUT2D eigenvalue weighted by Crippen LogP contribution is 2.26. The molecule has 0 saturated heterocycles. The average molecular weight is 429 g/mol. The SMILES string of the molecule is O=C(O)NCCNc1nonc1-c1nc(=O)on1-c1ccc(F)c(Br)c1. The normalized spacial score (nSPS) is 10.7. The topological polar surface area (TPSA) is 148 Å². The standard InChI is InChI=1S/C13H10BrFN6O5/c14-7-5-6(1-2-8(7)15)21-11(18-13(24)25-21)9-10(20-26-19-9)16-3-4-17-12(22)23/h1-2,5,17H,3-4H2,(H,16,20)(H,22,23). The van der Waals surface area contributed by atoms with Gasteiger partial charge in [-0.3, -0.25) is 0 Å². The first-order valence-corrected chi connectivity index (χ1v) is 7.84. The molecule has 3 N–H and O–H groups in total. The van der Waals surface area contributed by atoms with E-state index in [4.69, 9.17) is 9.63 Å². The second-order valence-corrected chi connectivity index (χ2v) is 5.66. The number of hydrogen-bond acceptors (Lipinski definition) is 8. The Kier molecular flexibility index (Phi) is 4.97. The molecule has 2 aromatic heterocycles. The van der Waals surface area contributed by atoms with Crippen LogP contribution in [0.3, 0.4) is 0 Å². The highest BCUT2D eigenvalue weighted by molar-refractivity contribution is 9.10. The summed E-state index contributed by atoms with van der Waals surface area (Å²) in [6, 6.07) is 3.95. The number of benzene rings is 1. The minimum absolute atomic E-state index is 0.0246. The lowest BCUT2D eigenvalue weighted by atomic mass is 10.3. The van der Waals surface area contributed by atoms with E-state index < -0.39 is 17.7 Å². The maximum atomic E-state index is 13.4. The lowest BCUT2D eigenvalue weighted by Gasteiger charge is -2.06. The zero-order valence-corrected chi connectivity index (χ0v) is 14.4. The Morgan fingerprint density at radius 2 is 2.15 bits per heavy atom. The molecule has 2 heterocycles. The van der Waals surface area contributed by atoms with Crippen LogP contribution in [0.4, 0.5) is 15.0 Å². The lowest BCUT2D eigenvalue weighted by molar-refractivity contribution is 0.195. The zero-order chi connectivity index (χ0) is 18.7. The molecule has 26 heavy (non-hydrogen) atoms. The fourth-order valence-corrected chi connectivity index (χ4v) is 2.38. The van der Waals surface area contributed by atoms with Crippen molar-refractivity contribution in [1.82, 2.24) is 25.4 Å². The summed E-state index contributed by atoms with van der Waals surface area (Å²) in [6.07, 6.45) is -1.17. The third-order valence-electron chi connectivity index (χ3n) is 3.09. The molecule has 11 nitrogen and oxygen atoms in total. The van der Waals surface area contributed by atoms with Crippen LogP contribution in [0.5, 0.6) is 0 Å². The van der Waals surface area contributed by atoms with Crippen molar-refractivity contribution in [2.45, 2.75) is 0 Å². The first-order chi connectivity index (χ1) is 12.5. The van der Waals surface area contributed by atoms with E-state index >= 15 is 0 Å². The van der Waals surface area contributed by atoms with E-state index in [1.807, 2.05) is 0 Å². The van der Waals surface area contributed by atoms with Crippen LogP contribution in [0.2, 0.25) is 0 Å². The molecule has 136 valence electrons. The fraction of sp³-hybridized carbons (Fsp3) is 0.154. The third-order valence-corrected chi connectivity index (χ3v) is 3.70. The van der Waals surface area contributed by atoms with E-state index in [0.717, 1.165) is 4.74 Å². The molecule has 1 amide bonds. The minimum Gasteiger partial charge on any atom is -0.465 e. The summed E-state index contributed by atoms with van der Waals surface area (Å²) in [5, 5.41) is 20.8. The molecule has 0 aliphatic rings. The van der Waals surface area contributed by atoms with Gasteiger partial charge in [-0.2, -0.15) is 4.74 Å². The fourth-order valence-electron chi connectivity index (χ4n) is 2.01. The summed E-state index contributed by atoms with van der Waals surface area (Å²) in [5.74, 6) is -1.29. The van der Waals surface area contributed by atoms with Crippen LogP contribution < -0.4 is 16.4 Å². The third kappa shape index (κ3) is 3.72. The molecule has 0 spiro atoms. The van der Waals surface area contributed by atoms with Crippen LogP contribution in [0, 0.1) is 5.82 Å². The molecule has 0 fully saturated rings. The van der Waals surface area contributed by atoms with E-state index in [1.54, 1.807) is 0 Å². The molecule has 0 aliphatic heterocycles. The number of hydrogen-bond donors (Lipinski definition) is 3. The van der Waals surface area contributed by atoms with Crippen LogP contribution >= 0.6 is 15.9 Å². The number of halogens is 2. The average Bonchev–Trinajstić information content (AvgIpc) is 3.20. The van der Waals surface area contributed by atoms with E-state index in [0.29, 0.717) is 5.69 Å². The predicted octanol–water partition coefficient (Wildman–Crippen LogP) is 1.46. The van der Waals surface area contributed by atoms with Crippen LogP contribution in [-0.4, -0.2) is 44.3 Å². The van der Waals surface area contributed by atoms with Gasteiger partial charge in [0.25, 0.3) is 0 Å². The van der Waals surface area contributed by atoms with Gasteiger partial charge in [0.2, 0.25) is 11.6 Å². The molecule has 0 aliphatic carbocycles. The van der Waals surface area contributed by atoms with Crippen LogP contribution in [0.1, 0.15) is 0 Å². The molecule has 0 saturated carbocycles. The Labute approximate surface area is 151 Å². The van der Waals surface area contributed by atoms with Gasteiger partial charge >= 0.3 is 11.8 Å². The number of nitrogens with zero attached hydrogens (tertiary/aromatic N) is 4. The lowest BCUT2D eigenvalue weighted by Crippen LogP contribution is -2.27. The summed E-state index contributed by atoms with van der Waals surface area (Å²) < 4.78 is 24.3. The second-order valence-electron chi connectivity index (χ2n) is 4.81. The van der Waals surface area contributed by atoms with Crippen LogP contribution in [0.25, 0.3) is 17.2 Å². The van der Waals surface area contributed by atoms with Gasteiger partial charge in [0, 0.05) is 13.1 Å². The predicted molar refractivity (Wildman–Crippen MR) is 87.6 cm³/mol. The van der Waals surface area contributed by atoms with Crippen molar-refractivity contribution in [1.29, 1.82) is 0 Å². The molecule has 3 aromatic rings. The summed E-state index contributed by atoms with van der Waals surface area (Å²) in [4.78, 5) is 25.8. The molecule has 13 heteroatoms. The number of aromatic nitrogens is 4. The van der Waals surface area contributed by atoms with Crippen molar-refractivity contribution in [3.63, 3.8) is 0 Å². The number of carboxylic acid groups (broad SMARTS) is 1. The maximum Gasteiger partial charge on any atom is 0.460 e. The molecular weight excluding hydrogens is 419 g/mol. The minimum atomic E-state index is -1.17. The molecule has 1 aromatic carbocycles. The van der Waals surface area contributed by atoms with Gasteiger partial charge in [-0.1, -0.05) is 0 Å². The molecule has 3 rings (SSSR count). The van der Waals surface area contributed by atoms with Gasteiger partial charge in [-0.05, 0) is 44.4 Å². The molecule has 0 radical (unpaired) electrons. The Balaban J connectivity index is 1.91. The first kappa shape index (κ1) is 17.6. The van der Waals surface area contributed by atoms with E-state index in [-0.39, 0.29) is 34.9 Å². The molecule has 0 bridgehead atoms. The first-order valence-electron chi connectivity index (χ1n) is 7.05. The number of anilines is 1. The van der Waals surface area contributed by atoms with Crippen molar-refractivity contribution in [3.8, 4) is 17.2 Å². The largest absolute Gasteiger partial charge is 0.465 e. The number of nitrogens with one attached hydrogen (secondary N) is 2. The number of carbonyl (C=O) groups is 1. The summed E-state index contributed by atoms with van der Waals surface area (Å²) in [6.45, 7) is 0.274. The Morgan fingerprint density at radius 1 is 1.35 bits per heavy atom. The van der Waals surface area contributed by atoms with Crippen LogP contribution in [-0.2, 0) is 0 Å². The highest BCUT2D eigenvalue weighted by atomic mass is 79.9. The second kappa shape index (κ2) is 7.35. The van der Waals surface area contributed by atoms with Gasteiger partial charge in [0.1, 0.15) is 5.82 Å². The van der Waals surface area contributed by atoms with Crippen molar-refractivity contribution in [2.24, 2.45) is 0 Å². The summed E-state index contributed by atoms with van der Waals surface area (Å²) in [7, 11) is 0. The van der Waals surface area contributed by atoms with Gasteiger partial charge in [-0.25, -0.2) is 18.6 Å².